The van der Waals surface area contributed by atoms with Crippen molar-refractivity contribution in [2.75, 3.05) is 0 Å². The van der Waals surface area contributed by atoms with Crippen molar-refractivity contribution in [3.63, 3.8) is 0 Å². The molecule has 0 aromatic heterocycles. The summed E-state index contributed by atoms with van der Waals surface area (Å²) < 4.78 is 0. The van der Waals surface area contributed by atoms with E-state index in [1.807, 2.05) is 24.3 Å². The highest BCUT2D eigenvalue weighted by molar-refractivity contribution is 5.66. The maximum absolute atomic E-state index is 10.3. The minimum absolute atomic E-state index is 0.263. The molecule has 0 saturated carbocycles. The molecule has 0 radical (unpaired) electrons. The second kappa shape index (κ2) is 15.0. The molecule has 0 aliphatic rings. The molecule has 2 N–H and O–H groups in total. The largest absolute Gasteiger partial charge is 0.481 e. The summed E-state index contributed by atoms with van der Waals surface area (Å²) in [5.74, 6) is -0.717. The maximum Gasteiger partial charge on any atom is 0.303 e. The fourth-order valence-electron chi connectivity index (χ4n) is 1.88. The van der Waals surface area contributed by atoms with Crippen LogP contribution in [0.15, 0.2) is 36.5 Å². The first kappa shape index (κ1) is 19.7. The minimum Gasteiger partial charge on any atom is -0.481 e. The number of aliphatic carboxylic acids is 1. The van der Waals surface area contributed by atoms with Crippen molar-refractivity contribution in [2.45, 2.75) is 70.8 Å². The Labute approximate surface area is 129 Å². The number of rotatable bonds is 13. The summed E-state index contributed by atoms with van der Waals surface area (Å²) >= 11 is 0. The van der Waals surface area contributed by atoms with Crippen LogP contribution in [0.5, 0.6) is 0 Å². The Bertz CT molecular complexity index is 329. The predicted molar refractivity (Wildman–Crippen MR) is 88.3 cm³/mol. The average Bonchev–Trinajstić information content (AvgIpc) is 2.44. The first-order chi connectivity index (χ1) is 10.2. The Kier molecular flexibility index (Phi) is 14.1. The second-order valence-electron chi connectivity index (χ2n) is 5.22. The van der Waals surface area contributed by atoms with E-state index < -0.39 is 5.97 Å². The molecule has 3 nitrogen and oxygen atoms in total. The van der Waals surface area contributed by atoms with Gasteiger partial charge in [0, 0.05) is 6.42 Å². The molecule has 0 aliphatic carbocycles. The molecule has 120 valence electrons. The van der Waals surface area contributed by atoms with E-state index >= 15 is 0 Å². The van der Waals surface area contributed by atoms with Crippen molar-refractivity contribution < 1.29 is 15.0 Å². The third-order valence-electron chi connectivity index (χ3n) is 3.13. The van der Waals surface area contributed by atoms with Gasteiger partial charge in [-0.1, -0.05) is 62.6 Å². The molecule has 0 rings (SSSR count). The smallest absolute Gasteiger partial charge is 0.303 e. The van der Waals surface area contributed by atoms with Crippen molar-refractivity contribution >= 4 is 5.97 Å². The Hall–Kier alpha value is -1.35. The van der Waals surface area contributed by atoms with Crippen LogP contribution in [0.1, 0.15) is 64.7 Å². The van der Waals surface area contributed by atoms with Crippen LogP contribution in [0.4, 0.5) is 0 Å². The SMILES string of the molecule is CCCCC[C@H](O)/C=C/C=C\C/C=C\CCCCC(=O)O. The third-order valence-corrected chi connectivity index (χ3v) is 3.13. The zero-order valence-electron chi connectivity index (χ0n) is 13.2. The lowest BCUT2D eigenvalue weighted by atomic mass is 10.1. The third kappa shape index (κ3) is 16.6. The van der Waals surface area contributed by atoms with E-state index in [2.05, 4.69) is 19.1 Å². The van der Waals surface area contributed by atoms with E-state index in [-0.39, 0.29) is 12.5 Å². The summed E-state index contributed by atoms with van der Waals surface area (Å²) in [6.07, 6.45) is 19.6. The molecule has 0 aromatic carbocycles. The van der Waals surface area contributed by atoms with E-state index in [1.54, 1.807) is 0 Å². The molecular formula is C18H30O3. The Morgan fingerprint density at radius 3 is 2.57 bits per heavy atom. The number of allylic oxidation sites excluding steroid dienone is 5. The van der Waals surface area contributed by atoms with Gasteiger partial charge in [0.25, 0.3) is 0 Å². The standard InChI is InChI=1S/C18H30O3/c1-2-3-11-14-17(19)15-12-9-7-5-4-6-8-10-13-16-18(20)21/h4,6-7,9,12,15,17,19H,2-3,5,8,10-11,13-14,16H2,1H3,(H,20,21)/b6-4-,9-7-,15-12+/t17-/m0/s1. The number of hydrogen-bond donors (Lipinski definition) is 2. The number of hydrogen-bond acceptors (Lipinski definition) is 2. The van der Waals surface area contributed by atoms with Gasteiger partial charge in [-0.3, -0.25) is 4.79 Å². The van der Waals surface area contributed by atoms with Crippen molar-refractivity contribution in [1.82, 2.24) is 0 Å². The van der Waals surface area contributed by atoms with Crippen LogP contribution in [0.3, 0.4) is 0 Å². The Morgan fingerprint density at radius 1 is 1.05 bits per heavy atom. The van der Waals surface area contributed by atoms with E-state index in [0.717, 1.165) is 38.5 Å². The Morgan fingerprint density at radius 2 is 1.86 bits per heavy atom. The van der Waals surface area contributed by atoms with E-state index in [0.29, 0.717) is 0 Å². The summed E-state index contributed by atoms with van der Waals surface area (Å²) in [6.45, 7) is 2.16. The van der Waals surface area contributed by atoms with Gasteiger partial charge in [0.15, 0.2) is 0 Å². The van der Waals surface area contributed by atoms with Crippen molar-refractivity contribution in [2.24, 2.45) is 0 Å². The van der Waals surface area contributed by atoms with E-state index in [9.17, 15) is 9.90 Å². The van der Waals surface area contributed by atoms with E-state index in [4.69, 9.17) is 5.11 Å². The minimum atomic E-state index is -0.717. The second-order valence-corrected chi connectivity index (χ2v) is 5.22. The van der Waals surface area contributed by atoms with Crippen molar-refractivity contribution in [1.29, 1.82) is 0 Å². The molecular weight excluding hydrogens is 264 g/mol. The van der Waals surface area contributed by atoms with Gasteiger partial charge in [-0.15, -0.1) is 0 Å². The summed E-state index contributed by atoms with van der Waals surface area (Å²) in [7, 11) is 0. The number of carboxylic acid groups (broad SMARTS) is 1. The van der Waals surface area contributed by atoms with Crippen LogP contribution < -0.4 is 0 Å². The molecule has 0 aliphatic heterocycles. The normalized spacial score (nSPS) is 13.6. The first-order valence-corrected chi connectivity index (χ1v) is 8.05. The molecule has 0 saturated heterocycles. The van der Waals surface area contributed by atoms with Gasteiger partial charge in [0.05, 0.1) is 6.10 Å². The molecule has 0 heterocycles. The lowest BCUT2D eigenvalue weighted by Gasteiger charge is -2.02. The maximum atomic E-state index is 10.3. The highest BCUT2D eigenvalue weighted by Crippen LogP contribution is 2.04. The fourth-order valence-corrected chi connectivity index (χ4v) is 1.88. The zero-order valence-corrected chi connectivity index (χ0v) is 13.2. The molecule has 0 bridgehead atoms. The molecule has 0 amide bonds. The van der Waals surface area contributed by atoms with Crippen LogP contribution in [0.2, 0.25) is 0 Å². The summed E-state index contributed by atoms with van der Waals surface area (Å²) in [4.78, 5) is 10.3. The average molecular weight is 294 g/mol. The molecule has 21 heavy (non-hydrogen) atoms. The van der Waals surface area contributed by atoms with Gasteiger partial charge >= 0.3 is 5.97 Å². The van der Waals surface area contributed by atoms with Gasteiger partial charge in [0.2, 0.25) is 0 Å². The predicted octanol–water partition coefficient (Wildman–Crippen LogP) is 4.63. The molecule has 0 aromatic rings. The molecule has 0 spiro atoms. The van der Waals surface area contributed by atoms with Crippen LogP contribution in [0, 0.1) is 0 Å². The lowest BCUT2D eigenvalue weighted by Crippen LogP contribution is -2.00. The van der Waals surface area contributed by atoms with Gasteiger partial charge in [-0.25, -0.2) is 0 Å². The number of carboxylic acids is 1. The number of aliphatic hydroxyl groups is 1. The molecule has 0 unspecified atom stereocenters. The van der Waals surface area contributed by atoms with Crippen molar-refractivity contribution in [3.8, 4) is 0 Å². The monoisotopic (exact) mass is 294 g/mol. The summed E-state index contributed by atoms with van der Waals surface area (Å²) in [6, 6.07) is 0. The quantitative estimate of drug-likeness (QED) is 0.296. The van der Waals surface area contributed by atoms with Crippen LogP contribution >= 0.6 is 0 Å². The van der Waals surface area contributed by atoms with Gasteiger partial charge < -0.3 is 10.2 Å². The molecule has 1 atom stereocenters. The van der Waals surface area contributed by atoms with Crippen LogP contribution in [-0.4, -0.2) is 22.3 Å². The van der Waals surface area contributed by atoms with Gasteiger partial charge in [0.1, 0.15) is 0 Å². The summed E-state index contributed by atoms with van der Waals surface area (Å²) in [5.41, 5.74) is 0. The summed E-state index contributed by atoms with van der Waals surface area (Å²) in [5, 5.41) is 18.1. The highest BCUT2D eigenvalue weighted by Gasteiger charge is 1.96. The number of carbonyl (C=O) groups is 1. The molecule has 0 fully saturated rings. The van der Waals surface area contributed by atoms with E-state index in [1.165, 1.54) is 12.8 Å². The fraction of sp³-hybridized carbons (Fsp3) is 0.611. The van der Waals surface area contributed by atoms with Crippen molar-refractivity contribution in [3.05, 3.63) is 36.5 Å². The first-order valence-electron chi connectivity index (χ1n) is 8.05. The molecule has 3 heteroatoms. The lowest BCUT2D eigenvalue weighted by molar-refractivity contribution is -0.137. The number of unbranched alkanes of at least 4 members (excludes halogenated alkanes) is 4. The Balaban J connectivity index is 3.51. The van der Waals surface area contributed by atoms with Gasteiger partial charge in [-0.05, 0) is 32.1 Å². The topological polar surface area (TPSA) is 57.5 Å². The zero-order chi connectivity index (χ0) is 15.8. The van der Waals surface area contributed by atoms with Gasteiger partial charge in [-0.2, -0.15) is 0 Å². The van der Waals surface area contributed by atoms with Crippen LogP contribution in [0.25, 0.3) is 0 Å². The van der Waals surface area contributed by atoms with Crippen LogP contribution in [-0.2, 0) is 4.79 Å². The number of aliphatic hydroxyl groups excluding tert-OH is 1. The highest BCUT2D eigenvalue weighted by atomic mass is 16.4.